The summed E-state index contributed by atoms with van der Waals surface area (Å²) >= 11 is 0. The predicted molar refractivity (Wildman–Crippen MR) is 109 cm³/mol. The smallest absolute Gasteiger partial charge is 0.191 e. The molecule has 0 bridgehead atoms. The molecule has 3 rings (SSSR count). The van der Waals surface area contributed by atoms with Crippen molar-refractivity contribution in [1.82, 2.24) is 15.5 Å². The van der Waals surface area contributed by atoms with Crippen molar-refractivity contribution in [2.45, 2.75) is 32.5 Å². The lowest BCUT2D eigenvalue weighted by molar-refractivity contribution is 0.331. The van der Waals surface area contributed by atoms with Crippen molar-refractivity contribution in [3.05, 3.63) is 70.5 Å². The van der Waals surface area contributed by atoms with Gasteiger partial charge in [-0.3, -0.25) is 9.89 Å². The Morgan fingerprint density at radius 2 is 1.75 bits per heavy atom. The second-order valence-electron chi connectivity index (χ2n) is 7.00. The maximum atomic E-state index is 14.0. The monoisotopic (exact) mass is 379 g/mol. The lowest BCUT2D eigenvalue weighted by Crippen LogP contribution is -2.36. The number of likely N-dealkylation sites (tertiary alicyclic amines) is 1. The van der Waals surface area contributed by atoms with Gasteiger partial charge in [-0.05, 0) is 49.2 Å². The van der Waals surface area contributed by atoms with Crippen LogP contribution >= 0.6 is 0 Å². The van der Waals surface area contributed by atoms with Gasteiger partial charge < -0.3 is 10.6 Å². The Morgan fingerprint density at radius 1 is 1.07 bits per heavy atom. The Hall–Kier alpha value is -2.91. The lowest BCUT2D eigenvalue weighted by Gasteiger charge is -2.15. The minimum absolute atomic E-state index is 0.298. The average molecular weight is 379 g/mol. The van der Waals surface area contributed by atoms with E-state index in [-0.39, 0.29) is 0 Å². The number of rotatable bonds is 6. The lowest BCUT2D eigenvalue weighted by atomic mass is 10.1. The van der Waals surface area contributed by atoms with Gasteiger partial charge in [0.15, 0.2) is 5.96 Å². The Bertz CT molecular complexity index is 848. The van der Waals surface area contributed by atoms with E-state index in [0.29, 0.717) is 30.2 Å². The van der Waals surface area contributed by atoms with E-state index in [1.807, 2.05) is 6.07 Å². The first-order valence-corrected chi connectivity index (χ1v) is 9.61. The number of benzene rings is 2. The molecule has 0 saturated carbocycles. The van der Waals surface area contributed by atoms with E-state index in [0.717, 1.165) is 12.1 Å². The molecule has 1 heterocycles. The van der Waals surface area contributed by atoms with Crippen molar-refractivity contribution in [1.29, 1.82) is 5.26 Å². The molecule has 2 aromatic rings. The second-order valence-corrected chi connectivity index (χ2v) is 7.00. The third-order valence-corrected chi connectivity index (χ3v) is 4.94. The van der Waals surface area contributed by atoms with E-state index in [2.05, 4.69) is 44.8 Å². The van der Waals surface area contributed by atoms with Crippen molar-refractivity contribution in [3.8, 4) is 6.07 Å². The van der Waals surface area contributed by atoms with Crippen LogP contribution in [0.3, 0.4) is 0 Å². The van der Waals surface area contributed by atoms with Gasteiger partial charge >= 0.3 is 0 Å². The van der Waals surface area contributed by atoms with Crippen LogP contribution in [-0.4, -0.2) is 31.0 Å². The molecule has 0 radical (unpaired) electrons. The molecule has 0 aromatic heterocycles. The van der Waals surface area contributed by atoms with Crippen molar-refractivity contribution in [2.75, 3.05) is 20.1 Å². The minimum Gasteiger partial charge on any atom is -0.352 e. The number of aliphatic imine (C=N–C) groups is 1. The van der Waals surface area contributed by atoms with Crippen LogP contribution in [0.1, 0.15) is 35.1 Å². The zero-order valence-corrected chi connectivity index (χ0v) is 16.2. The van der Waals surface area contributed by atoms with Crippen LogP contribution in [0.2, 0.25) is 0 Å². The van der Waals surface area contributed by atoms with Crippen LogP contribution in [0, 0.1) is 17.1 Å². The zero-order valence-electron chi connectivity index (χ0n) is 16.2. The molecular formula is C22H26FN5. The number of hydrogen-bond acceptors (Lipinski definition) is 3. The standard InChI is InChI=1S/C22H26FN5/c1-25-22(27-15-20-9-8-19(13-24)12-21(20)23)26-14-17-4-6-18(7-5-17)16-28-10-2-3-11-28/h4-9,12H,2-3,10-11,14-16H2,1H3,(H2,25,26,27). The molecule has 28 heavy (non-hydrogen) atoms. The molecule has 1 fully saturated rings. The normalized spacial score (nSPS) is 14.7. The van der Waals surface area contributed by atoms with Gasteiger partial charge in [-0.1, -0.05) is 30.3 Å². The average Bonchev–Trinajstić information content (AvgIpc) is 3.23. The van der Waals surface area contributed by atoms with E-state index in [4.69, 9.17) is 5.26 Å². The van der Waals surface area contributed by atoms with E-state index >= 15 is 0 Å². The first-order valence-electron chi connectivity index (χ1n) is 9.61. The summed E-state index contributed by atoms with van der Waals surface area (Å²) in [4.78, 5) is 6.67. The fraction of sp³-hybridized carbons (Fsp3) is 0.364. The largest absolute Gasteiger partial charge is 0.352 e. The fourth-order valence-electron chi connectivity index (χ4n) is 3.31. The van der Waals surface area contributed by atoms with Gasteiger partial charge in [-0.25, -0.2) is 4.39 Å². The van der Waals surface area contributed by atoms with Gasteiger partial charge in [-0.2, -0.15) is 5.26 Å². The van der Waals surface area contributed by atoms with Crippen LogP contribution in [0.25, 0.3) is 0 Å². The van der Waals surface area contributed by atoms with E-state index in [9.17, 15) is 4.39 Å². The summed E-state index contributed by atoms with van der Waals surface area (Å²) < 4.78 is 14.0. The molecule has 0 amide bonds. The van der Waals surface area contributed by atoms with Gasteiger partial charge in [0.1, 0.15) is 5.82 Å². The highest BCUT2D eigenvalue weighted by molar-refractivity contribution is 5.79. The van der Waals surface area contributed by atoms with Crippen molar-refractivity contribution >= 4 is 5.96 Å². The molecule has 5 nitrogen and oxygen atoms in total. The highest BCUT2D eigenvalue weighted by Crippen LogP contribution is 2.13. The van der Waals surface area contributed by atoms with Crippen molar-refractivity contribution in [2.24, 2.45) is 4.99 Å². The Morgan fingerprint density at radius 3 is 2.39 bits per heavy atom. The van der Waals surface area contributed by atoms with Gasteiger partial charge in [0.2, 0.25) is 0 Å². The van der Waals surface area contributed by atoms with Gasteiger partial charge in [0.05, 0.1) is 11.6 Å². The second kappa shape index (κ2) is 9.86. The first kappa shape index (κ1) is 19.8. The number of guanidine groups is 1. The molecule has 1 aliphatic rings. The van der Waals surface area contributed by atoms with E-state index < -0.39 is 5.82 Å². The molecule has 1 saturated heterocycles. The predicted octanol–water partition coefficient (Wildman–Crippen LogP) is 3.16. The Balaban J connectivity index is 1.48. The highest BCUT2D eigenvalue weighted by Gasteiger charge is 2.11. The van der Waals surface area contributed by atoms with E-state index in [1.54, 1.807) is 19.2 Å². The quantitative estimate of drug-likeness (QED) is 0.598. The molecule has 0 spiro atoms. The number of nitriles is 1. The number of hydrogen-bond donors (Lipinski definition) is 2. The summed E-state index contributed by atoms with van der Waals surface area (Å²) in [5.41, 5.74) is 3.31. The molecule has 0 unspecified atom stereocenters. The fourth-order valence-corrected chi connectivity index (χ4v) is 3.31. The van der Waals surface area contributed by atoms with Gasteiger partial charge in [-0.15, -0.1) is 0 Å². The molecule has 6 heteroatoms. The number of nitrogens with zero attached hydrogens (tertiary/aromatic N) is 3. The third-order valence-electron chi connectivity index (χ3n) is 4.94. The van der Waals surface area contributed by atoms with Crippen LogP contribution < -0.4 is 10.6 Å². The molecule has 0 atom stereocenters. The third kappa shape index (κ3) is 5.54. The molecule has 1 aliphatic heterocycles. The summed E-state index contributed by atoms with van der Waals surface area (Å²) in [7, 11) is 1.68. The first-order chi connectivity index (χ1) is 13.7. The molecule has 146 valence electrons. The molecule has 0 aliphatic carbocycles. The summed E-state index contributed by atoms with van der Waals surface area (Å²) in [6.07, 6.45) is 2.61. The summed E-state index contributed by atoms with van der Waals surface area (Å²) in [5.74, 6) is 0.209. The molecular weight excluding hydrogens is 353 g/mol. The zero-order chi connectivity index (χ0) is 19.8. The number of halogens is 1. The Kier molecular flexibility index (Phi) is 6.99. The topological polar surface area (TPSA) is 63.5 Å². The SMILES string of the molecule is CN=C(NCc1ccc(CN2CCCC2)cc1)NCc1ccc(C#N)cc1F. The van der Waals surface area contributed by atoms with Crippen molar-refractivity contribution in [3.63, 3.8) is 0 Å². The summed E-state index contributed by atoms with van der Waals surface area (Å²) in [6.45, 7) is 4.36. The van der Waals surface area contributed by atoms with Crippen LogP contribution in [0.15, 0.2) is 47.5 Å². The molecule has 2 aromatic carbocycles. The minimum atomic E-state index is -0.393. The van der Waals surface area contributed by atoms with Crippen LogP contribution in [-0.2, 0) is 19.6 Å². The van der Waals surface area contributed by atoms with E-state index in [1.165, 1.54) is 37.6 Å². The van der Waals surface area contributed by atoms with Gasteiger partial charge in [0.25, 0.3) is 0 Å². The maximum Gasteiger partial charge on any atom is 0.191 e. The Labute approximate surface area is 165 Å². The summed E-state index contributed by atoms with van der Waals surface area (Å²) in [5, 5.41) is 15.2. The van der Waals surface area contributed by atoms with Crippen LogP contribution in [0.4, 0.5) is 4.39 Å². The van der Waals surface area contributed by atoms with Gasteiger partial charge in [0, 0.05) is 32.2 Å². The number of nitrogens with one attached hydrogen (secondary N) is 2. The maximum absolute atomic E-state index is 14.0. The van der Waals surface area contributed by atoms with Crippen molar-refractivity contribution < 1.29 is 4.39 Å². The van der Waals surface area contributed by atoms with Crippen LogP contribution in [0.5, 0.6) is 0 Å². The highest BCUT2D eigenvalue weighted by atomic mass is 19.1. The molecule has 2 N–H and O–H groups in total. The summed E-state index contributed by atoms with van der Waals surface area (Å²) in [6, 6.07) is 15.0.